The van der Waals surface area contributed by atoms with E-state index in [9.17, 15) is 26.4 Å². The Kier molecular flexibility index (Phi) is 10.9. The van der Waals surface area contributed by atoms with Crippen LogP contribution in [0.2, 0.25) is 0 Å². The van der Waals surface area contributed by atoms with Gasteiger partial charge in [0.05, 0.1) is 0 Å². The number of hydrogen-bond acceptors (Lipinski definition) is 4. The van der Waals surface area contributed by atoms with E-state index >= 15 is 0 Å². The zero-order valence-corrected chi connectivity index (χ0v) is 18.7. The number of carbonyl (C=O) groups is 1. The third-order valence-corrected chi connectivity index (χ3v) is 5.75. The molecule has 0 aromatic heterocycles. The molecule has 0 bridgehead atoms. The molecule has 0 radical (unpaired) electrons. The van der Waals surface area contributed by atoms with E-state index in [-0.39, 0.29) is 48.9 Å². The van der Waals surface area contributed by atoms with E-state index in [2.05, 4.69) is 15.6 Å². The van der Waals surface area contributed by atoms with Crippen LogP contribution >= 0.6 is 24.0 Å². The molecule has 1 fully saturated rings. The van der Waals surface area contributed by atoms with Gasteiger partial charge in [0.2, 0.25) is 5.91 Å². The van der Waals surface area contributed by atoms with Crippen LogP contribution < -0.4 is 10.6 Å². The highest BCUT2D eigenvalue weighted by Crippen LogP contribution is 2.30. The summed E-state index contributed by atoms with van der Waals surface area (Å²) in [5, 5.41) is 6.03. The van der Waals surface area contributed by atoms with Crippen molar-refractivity contribution in [2.45, 2.75) is 24.8 Å². The van der Waals surface area contributed by atoms with Gasteiger partial charge >= 0.3 is 15.5 Å². The summed E-state index contributed by atoms with van der Waals surface area (Å²) in [6.45, 7) is 0.551. The van der Waals surface area contributed by atoms with E-state index < -0.39 is 15.5 Å². The van der Waals surface area contributed by atoms with Crippen molar-refractivity contribution in [3.05, 3.63) is 0 Å². The van der Waals surface area contributed by atoms with Gasteiger partial charge in [-0.2, -0.15) is 17.5 Å². The Hall–Kier alpha value is -0.830. The predicted octanol–water partition coefficient (Wildman–Crippen LogP) is 0.809. The van der Waals surface area contributed by atoms with E-state index in [1.807, 2.05) is 0 Å². The number of rotatable bonds is 6. The number of carbonyl (C=O) groups excluding carboxylic acids is 1. The standard InChI is InChI=1S/C14H26F3N5O3S.HI/c1-18-13(19-7-4-12(23)21(2)3)20-10-11-5-8-22(9-6-11)26(24,25)14(15,16)17;/h11H,4-10H2,1-3H3,(H2,18,19,20);1H. The quantitative estimate of drug-likeness (QED) is 0.302. The van der Waals surface area contributed by atoms with Gasteiger partial charge in [0, 0.05) is 53.7 Å². The summed E-state index contributed by atoms with van der Waals surface area (Å²) in [5.41, 5.74) is -5.26. The van der Waals surface area contributed by atoms with Gasteiger partial charge in [0.15, 0.2) is 5.96 Å². The number of nitrogens with one attached hydrogen (secondary N) is 2. The predicted molar refractivity (Wildman–Crippen MR) is 107 cm³/mol. The lowest BCUT2D eigenvalue weighted by atomic mass is 9.98. The van der Waals surface area contributed by atoms with Crippen molar-refractivity contribution >= 4 is 45.9 Å². The Balaban J connectivity index is 0.00000676. The van der Waals surface area contributed by atoms with Crippen molar-refractivity contribution in [2.24, 2.45) is 10.9 Å². The molecule has 1 rings (SSSR count). The first-order valence-electron chi connectivity index (χ1n) is 8.20. The van der Waals surface area contributed by atoms with E-state index in [4.69, 9.17) is 0 Å². The number of hydrogen-bond donors (Lipinski definition) is 2. The average molecular weight is 529 g/mol. The molecule has 0 saturated carbocycles. The van der Waals surface area contributed by atoms with Crippen LogP contribution in [0.1, 0.15) is 19.3 Å². The monoisotopic (exact) mass is 529 g/mol. The number of aliphatic imine (C=N–C) groups is 1. The van der Waals surface area contributed by atoms with Crippen LogP contribution in [0, 0.1) is 5.92 Å². The maximum atomic E-state index is 12.5. The number of piperidine rings is 1. The summed E-state index contributed by atoms with van der Waals surface area (Å²) >= 11 is 0. The van der Waals surface area contributed by atoms with Crippen LogP contribution in [0.4, 0.5) is 13.2 Å². The second-order valence-electron chi connectivity index (χ2n) is 6.21. The highest BCUT2D eigenvalue weighted by atomic mass is 127. The van der Waals surface area contributed by atoms with E-state index in [0.29, 0.717) is 42.6 Å². The van der Waals surface area contributed by atoms with Gasteiger partial charge in [0.25, 0.3) is 0 Å². The Labute approximate surface area is 175 Å². The zero-order valence-electron chi connectivity index (χ0n) is 15.5. The van der Waals surface area contributed by atoms with Gasteiger partial charge in [-0.15, -0.1) is 24.0 Å². The first-order valence-corrected chi connectivity index (χ1v) is 9.64. The minimum atomic E-state index is -5.26. The fourth-order valence-electron chi connectivity index (χ4n) is 2.47. The molecule has 0 aliphatic carbocycles. The molecule has 27 heavy (non-hydrogen) atoms. The van der Waals surface area contributed by atoms with Gasteiger partial charge in [0.1, 0.15) is 0 Å². The number of guanidine groups is 1. The van der Waals surface area contributed by atoms with Crippen LogP contribution in [0.15, 0.2) is 4.99 Å². The molecular weight excluding hydrogens is 502 g/mol. The normalized spacial score (nSPS) is 17.2. The van der Waals surface area contributed by atoms with E-state index in [1.165, 1.54) is 4.90 Å². The second kappa shape index (κ2) is 11.2. The largest absolute Gasteiger partial charge is 0.511 e. The SMILES string of the molecule is CN=C(NCCC(=O)N(C)C)NCC1CCN(S(=O)(=O)C(F)(F)F)CC1.I. The molecule has 1 saturated heterocycles. The molecule has 0 aromatic carbocycles. The molecule has 0 aromatic rings. The highest BCUT2D eigenvalue weighted by molar-refractivity contribution is 14.0. The molecule has 2 N–H and O–H groups in total. The molecule has 0 unspecified atom stereocenters. The number of sulfonamides is 1. The van der Waals surface area contributed by atoms with Gasteiger partial charge in [-0.3, -0.25) is 9.79 Å². The average Bonchev–Trinajstić information content (AvgIpc) is 2.56. The fourth-order valence-corrected chi connectivity index (χ4v) is 3.46. The summed E-state index contributed by atoms with van der Waals surface area (Å²) in [4.78, 5) is 17.0. The summed E-state index contributed by atoms with van der Waals surface area (Å²) in [7, 11) is -0.339. The lowest BCUT2D eigenvalue weighted by Gasteiger charge is -2.31. The summed E-state index contributed by atoms with van der Waals surface area (Å²) < 4.78 is 60.9. The molecule has 0 spiro atoms. The van der Waals surface area contributed by atoms with Crippen molar-refractivity contribution in [1.29, 1.82) is 0 Å². The Morgan fingerprint density at radius 3 is 2.22 bits per heavy atom. The Morgan fingerprint density at radius 2 is 1.78 bits per heavy atom. The number of halogens is 4. The van der Waals surface area contributed by atoms with Gasteiger partial charge in [-0.25, -0.2) is 8.42 Å². The molecular formula is C14H27F3IN5O3S. The second-order valence-corrected chi connectivity index (χ2v) is 8.14. The topological polar surface area (TPSA) is 94.1 Å². The summed E-state index contributed by atoms with van der Waals surface area (Å²) in [5.74, 6) is 0.504. The van der Waals surface area contributed by atoms with E-state index in [1.54, 1.807) is 21.1 Å². The lowest BCUT2D eigenvalue weighted by Crippen LogP contribution is -2.47. The third-order valence-electron chi connectivity index (χ3n) is 4.12. The highest BCUT2D eigenvalue weighted by Gasteiger charge is 2.50. The smallest absolute Gasteiger partial charge is 0.356 e. The summed E-state index contributed by atoms with van der Waals surface area (Å²) in [6.07, 6.45) is 0.970. The van der Waals surface area contributed by atoms with Crippen molar-refractivity contribution in [2.75, 3.05) is 47.3 Å². The van der Waals surface area contributed by atoms with Crippen LogP contribution in [0.3, 0.4) is 0 Å². The number of amides is 1. The Morgan fingerprint density at radius 1 is 1.22 bits per heavy atom. The molecule has 13 heteroatoms. The fraction of sp³-hybridized carbons (Fsp3) is 0.857. The lowest BCUT2D eigenvalue weighted by molar-refractivity contribution is -0.128. The minimum absolute atomic E-state index is 0. The van der Waals surface area contributed by atoms with Crippen LogP contribution in [0.25, 0.3) is 0 Å². The summed E-state index contributed by atoms with van der Waals surface area (Å²) in [6, 6.07) is 0. The number of nitrogens with zero attached hydrogens (tertiary/aromatic N) is 3. The van der Waals surface area contributed by atoms with Crippen molar-refractivity contribution in [3.63, 3.8) is 0 Å². The maximum absolute atomic E-state index is 12.5. The molecule has 1 heterocycles. The van der Waals surface area contributed by atoms with Crippen molar-refractivity contribution in [1.82, 2.24) is 19.8 Å². The van der Waals surface area contributed by atoms with Crippen molar-refractivity contribution < 1.29 is 26.4 Å². The van der Waals surface area contributed by atoms with E-state index in [0.717, 1.165) is 0 Å². The zero-order chi connectivity index (χ0) is 20.0. The van der Waals surface area contributed by atoms with Gasteiger partial charge in [-0.05, 0) is 18.8 Å². The first-order chi connectivity index (χ1) is 12.0. The van der Waals surface area contributed by atoms with Crippen LogP contribution in [-0.2, 0) is 14.8 Å². The molecule has 1 amide bonds. The third kappa shape index (κ3) is 7.97. The van der Waals surface area contributed by atoms with Gasteiger partial charge in [-0.1, -0.05) is 0 Å². The Bertz CT molecular complexity index is 606. The van der Waals surface area contributed by atoms with Crippen LogP contribution in [-0.4, -0.2) is 82.3 Å². The first kappa shape index (κ1) is 26.2. The minimum Gasteiger partial charge on any atom is -0.356 e. The van der Waals surface area contributed by atoms with Crippen molar-refractivity contribution in [3.8, 4) is 0 Å². The number of alkyl halides is 3. The van der Waals surface area contributed by atoms with Gasteiger partial charge < -0.3 is 15.5 Å². The molecule has 0 atom stereocenters. The van der Waals surface area contributed by atoms with Crippen LogP contribution in [0.5, 0.6) is 0 Å². The molecule has 1 aliphatic heterocycles. The molecule has 160 valence electrons. The molecule has 1 aliphatic rings. The molecule has 8 nitrogen and oxygen atoms in total. The maximum Gasteiger partial charge on any atom is 0.511 e.